The molecule has 0 saturated heterocycles. The number of hydrogen-bond acceptors (Lipinski definition) is 4. The first kappa shape index (κ1) is 11.1. The molecule has 2 rings (SSSR count). The molecule has 0 atom stereocenters. The Bertz CT molecular complexity index is 384. The first-order valence-electron chi connectivity index (χ1n) is 5.16. The second-order valence-corrected chi connectivity index (χ2v) is 5.19. The van der Waals surface area contributed by atoms with Crippen LogP contribution in [0.1, 0.15) is 13.3 Å². The third-order valence-electron chi connectivity index (χ3n) is 2.39. The van der Waals surface area contributed by atoms with Crippen molar-refractivity contribution in [1.29, 1.82) is 0 Å². The van der Waals surface area contributed by atoms with Gasteiger partial charge >= 0.3 is 5.97 Å². The average Bonchev–Trinajstić information content (AvgIpc) is 2.54. The van der Waals surface area contributed by atoms with Crippen LogP contribution in [0.5, 0.6) is 0 Å². The molecule has 0 unspecified atom stereocenters. The molecule has 0 fully saturated rings. The lowest BCUT2D eigenvalue weighted by molar-refractivity contribution is -0.137. The van der Waals surface area contributed by atoms with Gasteiger partial charge in [0.25, 0.3) is 0 Å². The van der Waals surface area contributed by atoms with Crippen LogP contribution in [-0.2, 0) is 4.79 Å². The Labute approximate surface area is 98.4 Å². The van der Waals surface area contributed by atoms with Gasteiger partial charge in [-0.15, -0.1) is 11.8 Å². The van der Waals surface area contributed by atoms with Gasteiger partial charge in [-0.25, -0.2) is 0 Å². The van der Waals surface area contributed by atoms with E-state index in [9.17, 15) is 4.79 Å². The van der Waals surface area contributed by atoms with Crippen molar-refractivity contribution in [2.75, 3.05) is 16.4 Å². The van der Waals surface area contributed by atoms with Crippen LogP contribution in [0.3, 0.4) is 0 Å². The molecule has 0 aliphatic carbocycles. The van der Waals surface area contributed by atoms with E-state index in [-0.39, 0.29) is 6.42 Å². The third-order valence-corrected chi connectivity index (χ3v) is 3.52. The first-order valence-corrected chi connectivity index (χ1v) is 6.15. The Hall–Kier alpha value is -1.36. The predicted octanol–water partition coefficient (Wildman–Crippen LogP) is 2.41. The molecule has 86 valence electrons. The molecule has 16 heavy (non-hydrogen) atoms. The number of aliphatic carboxylic acids is 1. The fraction of sp³-hybridized carbons (Fsp3) is 0.364. The van der Waals surface area contributed by atoms with Gasteiger partial charge in [-0.1, -0.05) is 19.1 Å². The summed E-state index contributed by atoms with van der Waals surface area (Å²) >= 11 is 1.57. The van der Waals surface area contributed by atoms with Crippen LogP contribution >= 0.6 is 11.8 Å². The number of carboxylic acids is 1. The predicted molar refractivity (Wildman–Crippen MR) is 66.8 cm³/mol. The van der Waals surface area contributed by atoms with Crippen molar-refractivity contribution in [3.8, 4) is 0 Å². The molecule has 0 bridgehead atoms. The van der Waals surface area contributed by atoms with E-state index < -0.39 is 11.0 Å². The molecule has 3 N–H and O–H groups in total. The number of hydrogen-bond donors (Lipinski definition) is 3. The molecule has 4 nitrogen and oxygen atoms in total. The summed E-state index contributed by atoms with van der Waals surface area (Å²) in [5.41, 5.74) is 1.93. The van der Waals surface area contributed by atoms with Gasteiger partial charge in [0.15, 0.2) is 4.99 Å². The largest absolute Gasteiger partial charge is 0.481 e. The summed E-state index contributed by atoms with van der Waals surface area (Å²) in [7, 11) is 0. The Morgan fingerprint density at radius 2 is 1.94 bits per heavy atom. The molecule has 0 radical (unpaired) electrons. The van der Waals surface area contributed by atoms with Gasteiger partial charge in [-0.2, -0.15) is 0 Å². The van der Waals surface area contributed by atoms with Crippen LogP contribution in [0.2, 0.25) is 0 Å². The van der Waals surface area contributed by atoms with Crippen molar-refractivity contribution >= 4 is 29.1 Å². The Morgan fingerprint density at radius 1 is 1.38 bits per heavy atom. The van der Waals surface area contributed by atoms with Gasteiger partial charge in [-0.3, -0.25) is 4.79 Å². The monoisotopic (exact) mass is 238 g/mol. The van der Waals surface area contributed by atoms with Crippen LogP contribution in [0.15, 0.2) is 24.3 Å². The highest BCUT2D eigenvalue weighted by molar-refractivity contribution is 8.00. The van der Waals surface area contributed by atoms with Crippen molar-refractivity contribution in [3.63, 3.8) is 0 Å². The molecule has 1 aromatic carbocycles. The molecule has 0 amide bonds. The zero-order valence-corrected chi connectivity index (χ0v) is 9.80. The molecule has 0 saturated carbocycles. The molecule has 1 aromatic rings. The van der Waals surface area contributed by atoms with E-state index in [0.29, 0.717) is 0 Å². The molecule has 1 aliphatic heterocycles. The van der Waals surface area contributed by atoms with E-state index in [4.69, 9.17) is 5.11 Å². The summed E-state index contributed by atoms with van der Waals surface area (Å²) in [6.45, 7) is 2.01. The maximum Gasteiger partial charge on any atom is 0.308 e. The lowest BCUT2D eigenvalue weighted by Crippen LogP contribution is -2.40. The van der Waals surface area contributed by atoms with Crippen LogP contribution in [0.25, 0.3) is 0 Å². The molecular weight excluding hydrogens is 224 g/mol. The van der Waals surface area contributed by atoms with E-state index in [1.54, 1.807) is 11.8 Å². The van der Waals surface area contributed by atoms with Gasteiger partial charge in [0.2, 0.25) is 0 Å². The van der Waals surface area contributed by atoms with Crippen LogP contribution in [0.4, 0.5) is 11.4 Å². The molecule has 0 spiro atoms. The van der Waals surface area contributed by atoms with E-state index in [0.717, 1.165) is 17.1 Å². The maximum absolute atomic E-state index is 10.9. The van der Waals surface area contributed by atoms with Gasteiger partial charge in [0.1, 0.15) is 0 Å². The molecule has 1 aliphatic rings. The number of fused-ring (bicyclic) bond motifs is 1. The molecule has 0 aromatic heterocycles. The summed E-state index contributed by atoms with van der Waals surface area (Å²) < 4.78 is 0. The summed E-state index contributed by atoms with van der Waals surface area (Å²) in [5, 5.41) is 15.5. The van der Waals surface area contributed by atoms with Crippen LogP contribution in [-0.4, -0.2) is 21.8 Å². The van der Waals surface area contributed by atoms with Gasteiger partial charge in [0, 0.05) is 0 Å². The minimum atomic E-state index is -0.811. The summed E-state index contributed by atoms with van der Waals surface area (Å²) in [6, 6.07) is 7.76. The maximum atomic E-state index is 10.9. The zero-order chi connectivity index (χ0) is 11.6. The van der Waals surface area contributed by atoms with E-state index in [1.807, 2.05) is 31.2 Å². The topological polar surface area (TPSA) is 61.4 Å². The number of anilines is 2. The number of para-hydroxylation sites is 2. The Kier molecular flexibility index (Phi) is 2.96. The smallest absolute Gasteiger partial charge is 0.308 e. The fourth-order valence-corrected chi connectivity index (χ4v) is 2.92. The van der Waals surface area contributed by atoms with Gasteiger partial charge < -0.3 is 15.7 Å². The van der Waals surface area contributed by atoms with E-state index in [2.05, 4.69) is 10.6 Å². The molecular formula is C11H14N2O2S. The van der Waals surface area contributed by atoms with Crippen molar-refractivity contribution in [3.05, 3.63) is 24.3 Å². The summed E-state index contributed by atoms with van der Waals surface area (Å²) in [6.07, 6.45) is 0.0419. The summed E-state index contributed by atoms with van der Waals surface area (Å²) in [4.78, 5) is 10.3. The van der Waals surface area contributed by atoms with E-state index in [1.165, 1.54) is 0 Å². The second kappa shape index (κ2) is 4.25. The Balaban J connectivity index is 2.23. The zero-order valence-electron chi connectivity index (χ0n) is 8.99. The average molecular weight is 238 g/mol. The van der Waals surface area contributed by atoms with Crippen LogP contribution in [0, 0.1) is 0 Å². The van der Waals surface area contributed by atoms with Gasteiger partial charge in [-0.05, 0) is 17.9 Å². The summed E-state index contributed by atoms with van der Waals surface area (Å²) in [5.74, 6) is 0.0371. The number of nitrogens with one attached hydrogen (secondary N) is 2. The second-order valence-electron chi connectivity index (χ2n) is 3.63. The quantitative estimate of drug-likeness (QED) is 0.752. The SMILES string of the molecule is CCSC1(CC(=O)O)Nc2ccccc2N1. The third kappa shape index (κ3) is 2.09. The standard InChI is InChI=1S/C11H14N2O2S/c1-2-16-11(7-10(14)15)12-8-5-3-4-6-9(8)13-11/h3-6,12-13H,2,7H2,1H3,(H,14,15). The minimum absolute atomic E-state index is 0.0419. The molecule has 5 heteroatoms. The van der Waals surface area contributed by atoms with Crippen LogP contribution < -0.4 is 10.6 Å². The number of carboxylic acid groups (broad SMARTS) is 1. The van der Waals surface area contributed by atoms with E-state index >= 15 is 0 Å². The Morgan fingerprint density at radius 3 is 2.38 bits per heavy atom. The van der Waals surface area contributed by atoms with Gasteiger partial charge in [0.05, 0.1) is 17.8 Å². The lowest BCUT2D eigenvalue weighted by atomic mass is 10.3. The van der Waals surface area contributed by atoms with Crippen molar-refractivity contribution in [1.82, 2.24) is 0 Å². The lowest BCUT2D eigenvalue weighted by Gasteiger charge is -2.28. The number of carbonyl (C=O) groups is 1. The minimum Gasteiger partial charge on any atom is -0.481 e. The fourth-order valence-electron chi connectivity index (χ4n) is 1.84. The highest BCUT2D eigenvalue weighted by Crippen LogP contribution is 2.41. The number of thioether (sulfide) groups is 1. The highest BCUT2D eigenvalue weighted by Gasteiger charge is 2.38. The first-order chi connectivity index (χ1) is 7.65. The highest BCUT2D eigenvalue weighted by atomic mass is 32.2. The van der Waals surface area contributed by atoms with Crippen molar-refractivity contribution in [2.45, 2.75) is 18.3 Å². The van der Waals surface area contributed by atoms with Crippen molar-refractivity contribution in [2.24, 2.45) is 0 Å². The molecule has 1 heterocycles. The normalized spacial score (nSPS) is 16.1. The number of rotatable bonds is 4. The number of benzene rings is 1. The van der Waals surface area contributed by atoms with Crippen molar-refractivity contribution < 1.29 is 9.90 Å².